The molecule has 2 aromatic rings. The van der Waals surface area contributed by atoms with Crippen molar-refractivity contribution < 1.29 is 22.7 Å². The molecule has 2 aromatic heterocycles. The van der Waals surface area contributed by atoms with Crippen LogP contribution in [-0.4, -0.2) is 39.5 Å². The zero-order chi connectivity index (χ0) is 19.7. The largest absolute Gasteiger partial charge is 0.473 e. The van der Waals surface area contributed by atoms with E-state index in [1.165, 1.54) is 0 Å². The van der Waals surface area contributed by atoms with E-state index in [0.29, 0.717) is 24.7 Å². The van der Waals surface area contributed by atoms with Gasteiger partial charge < -0.3 is 4.74 Å². The average molecular weight is 393 g/mol. The predicted octanol–water partition coefficient (Wildman–Crippen LogP) is 1.55. The Morgan fingerprint density at radius 2 is 2.11 bits per heavy atom. The first kappa shape index (κ1) is 18.6. The molecule has 2 aliphatic heterocycles. The first-order valence-electron chi connectivity index (χ1n) is 8.76. The summed E-state index contributed by atoms with van der Waals surface area (Å²) in [4.78, 5) is 21.9. The van der Waals surface area contributed by atoms with E-state index in [2.05, 4.69) is 20.8 Å². The van der Waals surface area contributed by atoms with Crippen molar-refractivity contribution in [2.45, 2.75) is 31.9 Å². The Hall–Kier alpha value is -2.72. The number of rotatable bonds is 4. The number of nitrogens with zero attached hydrogens (tertiary/aromatic N) is 3. The summed E-state index contributed by atoms with van der Waals surface area (Å²) in [6.45, 7) is 0.837. The SMILES string of the molecule is O=C1NNCC(N2Cc3ccc(OCc4cccnc4)nc3C2)C1C(F)(F)F. The van der Waals surface area contributed by atoms with Gasteiger partial charge in [-0.2, -0.15) is 13.2 Å². The third kappa shape index (κ3) is 3.78. The van der Waals surface area contributed by atoms with Crippen LogP contribution in [0.25, 0.3) is 0 Å². The Labute approximate surface area is 158 Å². The van der Waals surface area contributed by atoms with Crippen molar-refractivity contribution in [3.05, 3.63) is 53.5 Å². The molecule has 2 atom stereocenters. The second kappa shape index (κ2) is 7.36. The summed E-state index contributed by atoms with van der Waals surface area (Å²) < 4.78 is 45.8. The monoisotopic (exact) mass is 393 g/mol. The smallest absolute Gasteiger partial charge is 0.402 e. The second-order valence-electron chi connectivity index (χ2n) is 6.77. The maximum atomic E-state index is 13.4. The molecule has 2 unspecified atom stereocenters. The van der Waals surface area contributed by atoms with Crippen LogP contribution in [0.4, 0.5) is 13.2 Å². The zero-order valence-corrected chi connectivity index (χ0v) is 14.7. The summed E-state index contributed by atoms with van der Waals surface area (Å²) in [5.74, 6) is -2.74. The highest BCUT2D eigenvalue weighted by atomic mass is 19.4. The molecular weight excluding hydrogens is 375 g/mol. The molecule has 0 bridgehead atoms. The highest BCUT2D eigenvalue weighted by Crippen LogP contribution is 2.36. The van der Waals surface area contributed by atoms with Crippen LogP contribution in [0, 0.1) is 5.92 Å². The highest BCUT2D eigenvalue weighted by molar-refractivity contribution is 5.80. The quantitative estimate of drug-likeness (QED) is 0.821. The first-order chi connectivity index (χ1) is 13.4. The molecular formula is C18H18F3N5O2. The second-order valence-corrected chi connectivity index (χ2v) is 6.77. The Morgan fingerprint density at radius 1 is 1.25 bits per heavy atom. The standard InChI is InChI=1S/C18H18F3N5O2/c19-18(20,21)16-14(7-23-25-17(16)27)26-8-12-3-4-15(24-13(12)9-26)28-10-11-2-1-5-22-6-11/h1-6,14,16,23H,7-10H2,(H,25,27). The lowest BCUT2D eigenvalue weighted by molar-refractivity contribution is -0.201. The predicted molar refractivity (Wildman–Crippen MR) is 91.5 cm³/mol. The fourth-order valence-corrected chi connectivity index (χ4v) is 3.53. The number of carbonyl (C=O) groups is 1. The van der Waals surface area contributed by atoms with Crippen molar-refractivity contribution in [3.8, 4) is 5.88 Å². The molecule has 10 heteroatoms. The van der Waals surface area contributed by atoms with Gasteiger partial charge >= 0.3 is 6.18 Å². The maximum absolute atomic E-state index is 13.4. The molecule has 0 radical (unpaired) electrons. The third-order valence-electron chi connectivity index (χ3n) is 4.89. The Balaban J connectivity index is 1.46. The average Bonchev–Trinajstić information content (AvgIpc) is 3.09. The Morgan fingerprint density at radius 3 is 2.86 bits per heavy atom. The number of aromatic nitrogens is 2. The molecule has 2 aliphatic rings. The van der Waals surface area contributed by atoms with Crippen molar-refractivity contribution in [2.24, 2.45) is 5.92 Å². The number of hydrazine groups is 1. The molecule has 4 heterocycles. The molecule has 1 fully saturated rings. The van der Waals surface area contributed by atoms with Gasteiger partial charge in [-0.3, -0.25) is 20.1 Å². The molecule has 2 N–H and O–H groups in total. The molecule has 1 amide bonds. The van der Waals surface area contributed by atoms with E-state index < -0.39 is 24.0 Å². The fourth-order valence-electron chi connectivity index (χ4n) is 3.53. The third-order valence-corrected chi connectivity index (χ3v) is 4.89. The number of fused-ring (bicyclic) bond motifs is 1. The molecule has 0 aromatic carbocycles. The van der Waals surface area contributed by atoms with E-state index >= 15 is 0 Å². The summed E-state index contributed by atoms with van der Waals surface area (Å²) in [6.07, 6.45) is -1.26. The summed E-state index contributed by atoms with van der Waals surface area (Å²) in [5, 5.41) is 0. The number of alkyl halides is 3. The first-order valence-corrected chi connectivity index (χ1v) is 8.76. The van der Waals surface area contributed by atoms with Gasteiger partial charge in [-0.05, 0) is 11.6 Å². The van der Waals surface area contributed by atoms with Gasteiger partial charge in [0, 0.05) is 49.7 Å². The lowest BCUT2D eigenvalue weighted by Crippen LogP contribution is -2.63. The van der Waals surface area contributed by atoms with Gasteiger partial charge in [0.1, 0.15) is 6.61 Å². The van der Waals surface area contributed by atoms with E-state index in [-0.39, 0.29) is 13.1 Å². The normalized spacial score (nSPS) is 22.6. The number of ether oxygens (including phenoxy) is 1. The van der Waals surface area contributed by atoms with Gasteiger partial charge in [-0.1, -0.05) is 12.1 Å². The Kier molecular flexibility index (Phi) is 4.90. The number of carbonyl (C=O) groups excluding carboxylic acids is 1. The van der Waals surface area contributed by atoms with Gasteiger partial charge in [0.05, 0.1) is 5.69 Å². The van der Waals surface area contributed by atoms with E-state index in [0.717, 1.165) is 11.1 Å². The number of halogens is 3. The van der Waals surface area contributed by atoms with Crippen LogP contribution in [0.2, 0.25) is 0 Å². The lowest BCUT2D eigenvalue weighted by atomic mass is 9.95. The maximum Gasteiger partial charge on any atom is 0.402 e. The van der Waals surface area contributed by atoms with Crippen molar-refractivity contribution in [3.63, 3.8) is 0 Å². The number of nitrogens with one attached hydrogen (secondary N) is 2. The van der Waals surface area contributed by atoms with Crippen LogP contribution in [0.1, 0.15) is 16.8 Å². The number of amides is 1. The van der Waals surface area contributed by atoms with Crippen LogP contribution >= 0.6 is 0 Å². The molecule has 0 saturated carbocycles. The Bertz CT molecular complexity index is 862. The minimum atomic E-state index is -4.61. The van der Waals surface area contributed by atoms with Crippen molar-refractivity contribution >= 4 is 5.91 Å². The number of pyridine rings is 2. The van der Waals surface area contributed by atoms with Crippen LogP contribution in [0.5, 0.6) is 5.88 Å². The van der Waals surface area contributed by atoms with Crippen molar-refractivity contribution in [1.82, 2.24) is 25.7 Å². The van der Waals surface area contributed by atoms with Crippen molar-refractivity contribution in [2.75, 3.05) is 6.54 Å². The van der Waals surface area contributed by atoms with Crippen LogP contribution < -0.4 is 15.6 Å². The minimum absolute atomic E-state index is 0.00820. The van der Waals surface area contributed by atoms with Gasteiger partial charge in [0.15, 0.2) is 5.92 Å². The summed E-state index contributed by atoms with van der Waals surface area (Å²) in [7, 11) is 0. The number of hydrogen-bond acceptors (Lipinski definition) is 6. The number of hydrogen-bond donors (Lipinski definition) is 2. The minimum Gasteiger partial charge on any atom is -0.473 e. The van der Waals surface area contributed by atoms with Crippen molar-refractivity contribution in [1.29, 1.82) is 0 Å². The van der Waals surface area contributed by atoms with Gasteiger partial charge in [0.2, 0.25) is 11.8 Å². The summed E-state index contributed by atoms with van der Waals surface area (Å²) >= 11 is 0. The van der Waals surface area contributed by atoms with E-state index in [1.54, 1.807) is 35.5 Å². The molecule has 28 heavy (non-hydrogen) atoms. The van der Waals surface area contributed by atoms with Crippen LogP contribution in [0.3, 0.4) is 0 Å². The zero-order valence-electron chi connectivity index (χ0n) is 14.7. The topological polar surface area (TPSA) is 79.4 Å². The molecule has 7 nitrogen and oxygen atoms in total. The van der Waals surface area contributed by atoms with Gasteiger partial charge in [-0.25, -0.2) is 10.4 Å². The molecule has 0 aliphatic carbocycles. The lowest BCUT2D eigenvalue weighted by Gasteiger charge is -2.38. The van der Waals surface area contributed by atoms with Gasteiger partial charge in [-0.15, -0.1) is 0 Å². The van der Waals surface area contributed by atoms with E-state index in [9.17, 15) is 18.0 Å². The molecule has 148 valence electrons. The highest BCUT2D eigenvalue weighted by Gasteiger charge is 2.53. The van der Waals surface area contributed by atoms with Crippen LogP contribution in [-0.2, 0) is 24.5 Å². The molecule has 1 saturated heterocycles. The molecule has 4 rings (SSSR count). The molecule has 0 spiro atoms. The van der Waals surface area contributed by atoms with Crippen LogP contribution in [0.15, 0.2) is 36.7 Å². The van der Waals surface area contributed by atoms with E-state index in [1.807, 2.05) is 6.07 Å². The fraction of sp³-hybridized carbons (Fsp3) is 0.389. The van der Waals surface area contributed by atoms with Gasteiger partial charge in [0.25, 0.3) is 0 Å². The summed E-state index contributed by atoms with van der Waals surface area (Å²) in [6, 6.07) is 6.19. The van der Waals surface area contributed by atoms with E-state index in [4.69, 9.17) is 4.74 Å². The summed E-state index contributed by atoms with van der Waals surface area (Å²) in [5.41, 5.74) is 7.01.